The summed E-state index contributed by atoms with van der Waals surface area (Å²) in [5, 5.41) is 3.85. The van der Waals surface area contributed by atoms with Crippen LogP contribution in [-0.4, -0.2) is 6.54 Å². The Bertz CT molecular complexity index is 394. The fourth-order valence-corrected chi connectivity index (χ4v) is 5.05. The predicted molar refractivity (Wildman–Crippen MR) is 90.5 cm³/mol. The van der Waals surface area contributed by atoms with Gasteiger partial charge in [0.25, 0.3) is 0 Å². The van der Waals surface area contributed by atoms with Crippen molar-refractivity contribution < 1.29 is 0 Å². The van der Waals surface area contributed by atoms with Crippen LogP contribution < -0.4 is 5.32 Å². The van der Waals surface area contributed by atoms with Crippen LogP contribution >= 0.6 is 11.3 Å². The summed E-state index contributed by atoms with van der Waals surface area (Å²) in [6, 6.07) is 3.01. The van der Waals surface area contributed by atoms with Gasteiger partial charge in [0.2, 0.25) is 0 Å². The van der Waals surface area contributed by atoms with Gasteiger partial charge in [0.15, 0.2) is 0 Å². The maximum Gasteiger partial charge on any atom is 0.0443 e. The van der Waals surface area contributed by atoms with Gasteiger partial charge < -0.3 is 5.32 Å². The molecule has 1 aromatic rings. The molecule has 2 heteroatoms. The molecule has 1 heterocycles. The molecule has 1 fully saturated rings. The molecular formula is C18H31NS. The van der Waals surface area contributed by atoms with Gasteiger partial charge in [-0.05, 0) is 75.5 Å². The molecule has 1 aliphatic rings. The van der Waals surface area contributed by atoms with Gasteiger partial charge in [-0.2, -0.15) is 0 Å². The number of aryl methyl sites for hydroxylation is 2. The summed E-state index contributed by atoms with van der Waals surface area (Å²) < 4.78 is 0. The number of hydrogen-bond acceptors (Lipinski definition) is 2. The van der Waals surface area contributed by atoms with E-state index >= 15 is 0 Å². The summed E-state index contributed by atoms with van der Waals surface area (Å²) in [5.41, 5.74) is 1.46. The van der Waals surface area contributed by atoms with Crippen molar-refractivity contribution in [3.63, 3.8) is 0 Å². The Kier molecular flexibility index (Phi) is 5.68. The van der Waals surface area contributed by atoms with E-state index in [9.17, 15) is 0 Å². The average molecular weight is 294 g/mol. The first-order valence-electron chi connectivity index (χ1n) is 8.31. The average Bonchev–Trinajstić information content (AvgIpc) is 2.69. The van der Waals surface area contributed by atoms with E-state index in [1.54, 1.807) is 4.88 Å². The van der Waals surface area contributed by atoms with Crippen LogP contribution in [0.5, 0.6) is 0 Å². The second kappa shape index (κ2) is 7.09. The van der Waals surface area contributed by atoms with E-state index < -0.39 is 0 Å². The lowest BCUT2D eigenvalue weighted by Gasteiger charge is -2.36. The highest BCUT2D eigenvalue weighted by Crippen LogP contribution is 2.41. The first-order valence-corrected chi connectivity index (χ1v) is 9.13. The molecule has 1 aliphatic carbocycles. The lowest BCUT2D eigenvalue weighted by molar-refractivity contribution is 0.178. The lowest BCUT2D eigenvalue weighted by Crippen LogP contribution is -2.33. The van der Waals surface area contributed by atoms with Gasteiger partial charge >= 0.3 is 0 Å². The minimum Gasteiger partial charge on any atom is -0.309 e. The summed E-state index contributed by atoms with van der Waals surface area (Å²) >= 11 is 2.01. The minimum atomic E-state index is 0.581. The molecule has 0 bridgehead atoms. The molecule has 0 spiro atoms. The molecule has 1 N–H and O–H groups in total. The van der Waals surface area contributed by atoms with Crippen molar-refractivity contribution in [3.8, 4) is 0 Å². The molecule has 114 valence electrons. The van der Waals surface area contributed by atoms with Crippen molar-refractivity contribution in [2.75, 3.05) is 6.54 Å². The number of thiophene rings is 1. The Labute approximate surface area is 129 Å². The third-order valence-corrected chi connectivity index (χ3v) is 6.03. The standard InChI is InChI=1S/C18H31NS/c1-6-7-19-18(17-11-14(4)15(5)20-17)16-9-12(2)8-13(3)10-16/h11-13,16,18-19H,6-10H2,1-5H3. The molecule has 3 atom stereocenters. The van der Waals surface area contributed by atoms with Crippen LogP contribution in [0.15, 0.2) is 6.07 Å². The van der Waals surface area contributed by atoms with E-state index in [4.69, 9.17) is 0 Å². The Morgan fingerprint density at radius 1 is 1.20 bits per heavy atom. The molecule has 0 aliphatic heterocycles. The zero-order valence-corrected chi connectivity index (χ0v) is 14.6. The van der Waals surface area contributed by atoms with Crippen molar-refractivity contribution in [2.24, 2.45) is 17.8 Å². The van der Waals surface area contributed by atoms with Gasteiger partial charge in [0.1, 0.15) is 0 Å². The second-order valence-corrected chi connectivity index (χ2v) is 8.29. The summed E-state index contributed by atoms with van der Waals surface area (Å²) in [6.07, 6.45) is 5.42. The fraction of sp³-hybridized carbons (Fsp3) is 0.778. The largest absolute Gasteiger partial charge is 0.309 e. The molecule has 3 unspecified atom stereocenters. The smallest absolute Gasteiger partial charge is 0.0443 e. The maximum atomic E-state index is 3.85. The van der Waals surface area contributed by atoms with Gasteiger partial charge in [0, 0.05) is 15.8 Å². The number of nitrogens with one attached hydrogen (secondary N) is 1. The Morgan fingerprint density at radius 2 is 1.85 bits per heavy atom. The minimum absolute atomic E-state index is 0.581. The Hall–Kier alpha value is -0.340. The van der Waals surface area contributed by atoms with Gasteiger partial charge in [-0.3, -0.25) is 0 Å². The van der Waals surface area contributed by atoms with E-state index in [0.717, 1.165) is 24.3 Å². The van der Waals surface area contributed by atoms with Crippen molar-refractivity contribution in [2.45, 2.75) is 66.3 Å². The summed E-state index contributed by atoms with van der Waals surface area (Å²) in [7, 11) is 0. The normalized spacial score (nSPS) is 28.6. The molecule has 0 radical (unpaired) electrons. The predicted octanol–water partition coefficient (Wildman–Crippen LogP) is 5.48. The van der Waals surface area contributed by atoms with Gasteiger partial charge in [-0.15, -0.1) is 11.3 Å². The van der Waals surface area contributed by atoms with E-state index in [2.05, 4.69) is 46.0 Å². The third kappa shape index (κ3) is 3.85. The summed E-state index contributed by atoms with van der Waals surface area (Å²) in [4.78, 5) is 3.06. The first-order chi connectivity index (χ1) is 9.51. The zero-order chi connectivity index (χ0) is 14.7. The monoisotopic (exact) mass is 293 g/mol. The van der Waals surface area contributed by atoms with Gasteiger partial charge in [-0.25, -0.2) is 0 Å². The summed E-state index contributed by atoms with van der Waals surface area (Å²) in [5.74, 6) is 2.59. The van der Waals surface area contributed by atoms with Gasteiger partial charge in [-0.1, -0.05) is 20.8 Å². The maximum absolute atomic E-state index is 3.85. The van der Waals surface area contributed by atoms with Crippen molar-refractivity contribution in [3.05, 3.63) is 21.4 Å². The topological polar surface area (TPSA) is 12.0 Å². The van der Waals surface area contributed by atoms with E-state index in [1.165, 1.54) is 36.1 Å². The van der Waals surface area contributed by atoms with E-state index in [0.29, 0.717) is 6.04 Å². The van der Waals surface area contributed by atoms with Crippen molar-refractivity contribution in [1.29, 1.82) is 0 Å². The van der Waals surface area contributed by atoms with Crippen LogP contribution in [0, 0.1) is 31.6 Å². The molecule has 0 amide bonds. The van der Waals surface area contributed by atoms with E-state index in [-0.39, 0.29) is 0 Å². The van der Waals surface area contributed by atoms with Crippen LogP contribution in [0.3, 0.4) is 0 Å². The third-order valence-electron chi connectivity index (χ3n) is 4.79. The lowest BCUT2D eigenvalue weighted by atomic mass is 9.73. The van der Waals surface area contributed by atoms with Crippen LogP contribution in [0.4, 0.5) is 0 Å². The SMILES string of the molecule is CCCNC(c1cc(C)c(C)s1)C1CC(C)CC(C)C1. The van der Waals surface area contributed by atoms with Crippen LogP contribution in [0.2, 0.25) is 0 Å². The molecule has 2 rings (SSSR count). The second-order valence-electron chi connectivity index (χ2n) is 7.00. The molecule has 20 heavy (non-hydrogen) atoms. The van der Waals surface area contributed by atoms with Crippen LogP contribution in [0.25, 0.3) is 0 Å². The molecule has 1 aromatic heterocycles. The van der Waals surface area contributed by atoms with Crippen LogP contribution in [-0.2, 0) is 0 Å². The molecule has 1 saturated carbocycles. The van der Waals surface area contributed by atoms with Crippen molar-refractivity contribution in [1.82, 2.24) is 5.32 Å². The number of hydrogen-bond donors (Lipinski definition) is 1. The molecular weight excluding hydrogens is 262 g/mol. The highest BCUT2D eigenvalue weighted by Gasteiger charge is 2.31. The van der Waals surface area contributed by atoms with E-state index in [1.807, 2.05) is 11.3 Å². The molecule has 0 aromatic carbocycles. The highest BCUT2D eigenvalue weighted by atomic mass is 32.1. The molecule has 0 saturated heterocycles. The molecule has 1 nitrogen and oxygen atoms in total. The fourth-order valence-electron chi connectivity index (χ4n) is 3.84. The van der Waals surface area contributed by atoms with Crippen molar-refractivity contribution >= 4 is 11.3 Å². The highest BCUT2D eigenvalue weighted by molar-refractivity contribution is 7.12. The Balaban J connectivity index is 2.18. The Morgan fingerprint density at radius 3 is 2.35 bits per heavy atom. The zero-order valence-electron chi connectivity index (χ0n) is 13.8. The van der Waals surface area contributed by atoms with Gasteiger partial charge in [0.05, 0.1) is 0 Å². The quantitative estimate of drug-likeness (QED) is 0.758. The first kappa shape index (κ1) is 16.0. The van der Waals surface area contributed by atoms with Crippen LogP contribution in [0.1, 0.15) is 67.8 Å². The number of rotatable bonds is 5. The summed E-state index contributed by atoms with van der Waals surface area (Å²) in [6.45, 7) is 12.8.